The molecule has 2 aliphatic heterocycles. The number of nitrogens with one attached hydrogen (secondary N) is 1. The van der Waals surface area contributed by atoms with Crippen LogP contribution in [0.3, 0.4) is 0 Å². The Balaban J connectivity index is 1.12. The van der Waals surface area contributed by atoms with Gasteiger partial charge in [-0.05, 0) is 35.0 Å². The third-order valence-electron chi connectivity index (χ3n) is 5.55. The third-order valence-corrected chi connectivity index (χ3v) is 5.55. The SMILES string of the molecule is O=C(NCCOc1ccc2ccccc2c1)C1CC(=O)N(c2ccc3c(c2)OCO3)C1. The number of benzene rings is 3. The molecule has 1 saturated heterocycles. The maximum Gasteiger partial charge on any atom is 0.231 e. The average molecular weight is 418 g/mol. The maximum atomic E-state index is 12.6. The molecule has 1 N–H and O–H groups in total. The van der Waals surface area contributed by atoms with E-state index in [0.717, 1.165) is 16.5 Å². The molecule has 1 fully saturated rings. The number of anilines is 1. The normalized spacial score (nSPS) is 17.2. The molecule has 158 valence electrons. The lowest BCUT2D eigenvalue weighted by Crippen LogP contribution is -2.35. The van der Waals surface area contributed by atoms with Crippen LogP contribution in [0.1, 0.15) is 6.42 Å². The van der Waals surface area contributed by atoms with E-state index in [1.807, 2.05) is 42.5 Å². The van der Waals surface area contributed by atoms with Crippen LogP contribution in [-0.4, -0.2) is 38.3 Å². The van der Waals surface area contributed by atoms with E-state index in [1.165, 1.54) is 0 Å². The highest BCUT2D eigenvalue weighted by molar-refractivity contribution is 6.00. The summed E-state index contributed by atoms with van der Waals surface area (Å²) in [6.07, 6.45) is 0.186. The van der Waals surface area contributed by atoms with E-state index in [9.17, 15) is 9.59 Å². The lowest BCUT2D eigenvalue weighted by Gasteiger charge is -2.17. The Bertz CT molecular complexity index is 1150. The first-order valence-electron chi connectivity index (χ1n) is 10.3. The highest BCUT2D eigenvalue weighted by Gasteiger charge is 2.35. The fourth-order valence-electron chi connectivity index (χ4n) is 3.93. The monoisotopic (exact) mass is 418 g/mol. The Hall–Kier alpha value is -3.74. The first kappa shape index (κ1) is 19.2. The number of nitrogens with zero attached hydrogens (tertiary/aromatic N) is 1. The minimum atomic E-state index is -0.390. The number of rotatable bonds is 6. The summed E-state index contributed by atoms with van der Waals surface area (Å²) in [5, 5.41) is 5.14. The van der Waals surface area contributed by atoms with Gasteiger partial charge < -0.3 is 24.4 Å². The van der Waals surface area contributed by atoms with Crippen LogP contribution in [0.25, 0.3) is 10.8 Å². The molecule has 3 aromatic carbocycles. The molecule has 2 heterocycles. The van der Waals surface area contributed by atoms with E-state index < -0.39 is 5.92 Å². The van der Waals surface area contributed by atoms with E-state index in [1.54, 1.807) is 17.0 Å². The second kappa shape index (κ2) is 8.18. The number of carbonyl (C=O) groups excluding carboxylic acids is 2. The molecule has 0 radical (unpaired) electrons. The average Bonchev–Trinajstić information content (AvgIpc) is 3.42. The van der Waals surface area contributed by atoms with E-state index in [2.05, 4.69) is 11.4 Å². The largest absolute Gasteiger partial charge is 0.492 e. The third kappa shape index (κ3) is 3.99. The predicted octanol–water partition coefficient (Wildman–Crippen LogP) is 3.12. The molecule has 0 spiro atoms. The fourth-order valence-corrected chi connectivity index (χ4v) is 3.93. The van der Waals surface area contributed by atoms with Crippen molar-refractivity contribution in [3.63, 3.8) is 0 Å². The van der Waals surface area contributed by atoms with Crippen molar-refractivity contribution in [1.29, 1.82) is 0 Å². The summed E-state index contributed by atoms with van der Waals surface area (Å²) in [5.74, 6) is 1.43. The van der Waals surface area contributed by atoms with Crippen molar-refractivity contribution in [1.82, 2.24) is 5.32 Å². The Labute approximate surface area is 179 Å². The summed E-state index contributed by atoms with van der Waals surface area (Å²) in [7, 11) is 0. The number of carbonyl (C=O) groups is 2. The molecule has 2 aliphatic rings. The first-order chi connectivity index (χ1) is 15.2. The molecule has 0 aromatic heterocycles. The van der Waals surface area contributed by atoms with Gasteiger partial charge >= 0.3 is 0 Å². The van der Waals surface area contributed by atoms with Gasteiger partial charge in [0, 0.05) is 24.7 Å². The molecule has 3 aromatic rings. The van der Waals surface area contributed by atoms with Crippen molar-refractivity contribution >= 4 is 28.3 Å². The van der Waals surface area contributed by atoms with Gasteiger partial charge in [0.25, 0.3) is 0 Å². The van der Waals surface area contributed by atoms with Gasteiger partial charge in [0.05, 0.1) is 12.5 Å². The standard InChI is InChI=1S/C24H22N2O5/c27-23-12-18(14-26(23)19-6-8-21-22(13-19)31-15-30-21)24(28)25-9-10-29-20-7-5-16-3-1-2-4-17(16)11-20/h1-8,11,13,18H,9-10,12,14-15H2,(H,25,28). The molecule has 2 amide bonds. The first-order valence-corrected chi connectivity index (χ1v) is 10.3. The highest BCUT2D eigenvalue weighted by Crippen LogP contribution is 2.37. The minimum Gasteiger partial charge on any atom is -0.492 e. The van der Waals surface area contributed by atoms with Gasteiger partial charge in [-0.1, -0.05) is 30.3 Å². The topological polar surface area (TPSA) is 77.1 Å². The van der Waals surface area contributed by atoms with Crippen LogP contribution in [0.15, 0.2) is 60.7 Å². The minimum absolute atomic E-state index is 0.0774. The number of hydrogen-bond donors (Lipinski definition) is 1. The summed E-state index contributed by atoms with van der Waals surface area (Å²) in [6.45, 7) is 1.26. The van der Waals surface area contributed by atoms with Gasteiger partial charge in [-0.25, -0.2) is 0 Å². The summed E-state index contributed by atoms with van der Waals surface area (Å²) < 4.78 is 16.5. The zero-order valence-corrected chi connectivity index (χ0v) is 16.9. The molecule has 0 bridgehead atoms. The number of amides is 2. The number of fused-ring (bicyclic) bond motifs is 2. The molecule has 5 rings (SSSR count). The summed E-state index contributed by atoms with van der Waals surface area (Å²) >= 11 is 0. The van der Waals surface area contributed by atoms with Gasteiger partial charge in [-0.2, -0.15) is 0 Å². The maximum absolute atomic E-state index is 12.6. The summed E-state index contributed by atoms with van der Waals surface area (Å²) in [6, 6.07) is 19.4. The Kier molecular flexibility index (Phi) is 5.08. The fraction of sp³-hybridized carbons (Fsp3) is 0.250. The quantitative estimate of drug-likeness (QED) is 0.623. The zero-order chi connectivity index (χ0) is 21.2. The van der Waals surface area contributed by atoms with Crippen LogP contribution in [0, 0.1) is 5.92 Å². The lowest BCUT2D eigenvalue weighted by atomic mass is 10.1. The van der Waals surface area contributed by atoms with Crippen molar-refractivity contribution in [2.45, 2.75) is 6.42 Å². The molecule has 7 heteroatoms. The van der Waals surface area contributed by atoms with Crippen LogP contribution >= 0.6 is 0 Å². The Morgan fingerprint density at radius 1 is 1.03 bits per heavy atom. The van der Waals surface area contributed by atoms with Crippen LogP contribution < -0.4 is 24.4 Å². The Morgan fingerprint density at radius 2 is 1.87 bits per heavy atom. The van der Waals surface area contributed by atoms with Crippen molar-refractivity contribution in [2.24, 2.45) is 5.92 Å². The van der Waals surface area contributed by atoms with Crippen molar-refractivity contribution in [3.8, 4) is 17.2 Å². The van der Waals surface area contributed by atoms with E-state index in [0.29, 0.717) is 36.9 Å². The van der Waals surface area contributed by atoms with Gasteiger partial charge in [-0.3, -0.25) is 9.59 Å². The highest BCUT2D eigenvalue weighted by atomic mass is 16.7. The van der Waals surface area contributed by atoms with Crippen LogP contribution in [0.2, 0.25) is 0 Å². The van der Waals surface area contributed by atoms with Crippen molar-refractivity contribution in [2.75, 3.05) is 31.4 Å². The summed E-state index contributed by atoms with van der Waals surface area (Å²) in [4.78, 5) is 26.6. The van der Waals surface area contributed by atoms with Gasteiger partial charge in [-0.15, -0.1) is 0 Å². The van der Waals surface area contributed by atoms with Gasteiger partial charge in [0.1, 0.15) is 12.4 Å². The van der Waals surface area contributed by atoms with Gasteiger partial charge in [0.2, 0.25) is 18.6 Å². The molecule has 1 atom stereocenters. The second-order valence-electron chi connectivity index (χ2n) is 7.59. The predicted molar refractivity (Wildman–Crippen MR) is 115 cm³/mol. The van der Waals surface area contributed by atoms with Gasteiger partial charge in [0.15, 0.2) is 11.5 Å². The smallest absolute Gasteiger partial charge is 0.231 e. The van der Waals surface area contributed by atoms with Crippen LogP contribution in [-0.2, 0) is 9.59 Å². The number of hydrogen-bond acceptors (Lipinski definition) is 5. The lowest BCUT2D eigenvalue weighted by molar-refractivity contribution is -0.126. The van der Waals surface area contributed by atoms with Crippen molar-refractivity contribution < 1.29 is 23.8 Å². The second-order valence-corrected chi connectivity index (χ2v) is 7.59. The molecular weight excluding hydrogens is 396 g/mol. The van der Waals surface area contributed by atoms with Crippen LogP contribution in [0.4, 0.5) is 5.69 Å². The van der Waals surface area contributed by atoms with E-state index in [-0.39, 0.29) is 25.0 Å². The molecule has 1 unspecified atom stereocenters. The van der Waals surface area contributed by atoms with E-state index in [4.69, 9.17) is 14.2 Å². The zero-order valence-electron chi connectivity index (χ0n) is 16.9. The number of ether oxygens (including phenoxy) is 3. The molecular formula is C24H22N2O5. The van der Waals surface area contributed by atoms with E-state index >= 15 is 0 Å². The molecule has 0 saturated carbocycles. The molecule has 7 nitrogen and oxygen atoms in total. The molecule has 31 heavy (non-hydrogen) atoms. The van der Waals surface area contributed by atoms with Crippen molar-refractivity contribution in [3.05, 3.63) is 60.7 Å². The summed E-state index contributed by atoms with van der Waals surface area (Å²) in [5.41, 5.74) is 0.712. The molecule has 0 aliphatic carbocycles. The Morgan fingerprint density at radius 3 is 2.77 bits per heavy atom. The van der Waals surface area contributed by atoms with Crippen LogP contribution in [0.5, 0.6) is 17.2 Å².